The Balaban J connectivity index is 2.28. The Morgan fingerprint density at radius 3 is 2.47 bits per heavy atom. The molecule has 1 aliphatic heterocycles. The van der Waals surface area contributed by atoms with E-state index in [1.807, 2.05) is 0 Å². The van der Waals surface area contributed by atoms with Gasteiger partial charge in [0.2, 0.25) is 5.95 Å². The van der Waals surface area contributed by atoms with Crippen LogP contribution in [0.15, 0.2) is 6.07 Å². The van der Waals surface area contributed by atoms with E-state index < -0.39 is 31.0 Å². The molecule has 2 rings (SSSR count). The Labute approximate surface area is 96.9 Å². The van der Waals surface area contributed by atoms with E-state index in [1.165, 1.54) is 6.07 Å². The first-order chi connectivity index (χ1) is 8.02. The lowest BCUT2D eigenvalue weighted by Gasteiger charge is -2.14. The number of aromatic nitrogens is 2. The highest BCUT2D eigenvalue weighted by Gasteiger charge is 2.43. The molecule has 8 heteroatoms. The number of nitrogen functional groups attached to an aromatic ring is 2. The lowest BCUT2D eigenvalue weighted by molar-refractivity contribution is -0.0239. The smallest absolute Gasteiger partial charge is 0.222 e. The fraction of sp³-hybridized carbons (Fsp3) is 0.556. The molecule has 1 fully saturated rings. The summed E-state index contributed by atoms with van der Waals surface area (Å²) in [5.41, 5.74) is 11.2. The van der Waals surface area contributed by atoms with Gasteiger partial charge in [-0.05, 0) is 0 Å². The third-order valence-corrected chi connectivity index (χ3v) is 2.62. The zero-order valence-electron chi connectivity index (χ0n) is 8.89. The molecule has 0 bridgehead atoms. The zero-order chi connectivity index (χ0) is 12.6. The quantitative estimate of drug-likeness (QED) is 0.392. The van der Waals surface area contributed by atoms with Crippen molar-refractivity contribution in [1.82, 2.24) is 9.97 Å². The van der Waals surface area contributed by atoms with Crippen LogP contribution in [0.4, 0.5) is 11.8 Å². The second-order valence-electron chi connectivity index (χ2n) is 3.83. The molecular formula is C9H14N4O4. The van der Waals surface area contributed by atoms with E-state index in [9.17, 15) is 10.2 Å². The van der Waals surface area contributed by atoms with Crippen LogP contribution in [-0.4, -0.2) is 50.2 Å². The molecule has 0 radical (unpaired) electrons. The maximum Gasteiger partial charge on any atom is 0.222 e. The first-order valence-corrected chi connectivity index (χ1v) is 5.05. The minimum Gasteiger partial charge on any atom is -0.394 e. The molecule has 1 aromatic heterocycles. The number of nitrogens with two attached hydrogens (primary N) is 2. The Morgan fingerprint density at radius 2 is 1.94 bits per heavy atom. The van der Waals surface area contributed by atoms with Crippen LogP contribution in [0.1, 0.15) is 11.8 Å². The summed E-state index contributed by atoms with van der Waals surface area (Å²) in [7, 11) is 0. The van der Waals surface area contributed by atoms with E-state index in [4.69, 9.17) is 21.3 Å². The summed E-state index contributed by atoms with van der Waals surface area (Å²) >= 11 is 0. The van der Waals surface area contributed by atoms with Gasteiger partial charge in [-0.2, -0.15) is 4.98 Å². The third-order valence-electron chi connectivity index (χ3n) is 2.62. The van der Waals surface area contributed by atoms with Crippen LogP contribution in [0, 0.1) is 0 Å². The van der Waals surface area contributed by atoms with Gasteiger partial charge in [0.15, 0.2) is 0 Å². The largest absolute Gasteiger partial charge is 0.394 e. The van der Waals surface area contributed by atoms with Crippen LogP contribution in [0.5, 0.6) is 0 Å². The van der Waals surface area contributed by atoms with Gasteiger partial charge in [-0.3, -0.25) is 0 Å². The number of aliphatic hydroxyl groups excluding tert-OH is 3. The van der Waals surface area contributed by atoms with Crippen LogP contribution in [0.25, 0.3) is 0 Å². The van der Waals surface area contributed by atoms with Crippen molar-refractivity contribution in [2.24, 2.45) is 0 Å². The van der Waals surface area contributed by atoms with Crippen molar-refractivity contribution in [2.45, 2.75) is 24.4 Å². The molecule has 0 saturated carbocycles. The van der Waals surface area contributed by atoms with Gasteiger partial charge in [0.25, 0.3) is 0 Å². The molecule has 94 valence electrons. The van der Waals surface area contributed by atoms with E-state index in [-0.39, 0.29) is 17.5 Å². The summed E-state index contributed by atoms with van der Waals surface area (Å²) in [6, 6.07) is 1.40. The van der Waals surface area contributed by atoms with E-state index in [0.29, 0.717) is 0 Å². The van der Waals surface area contributed by atoms with Gasteiger partial charge < -0.3 is 31.5 Å². The molecule has 1 saturated heterocycles. The van der Waals surface area contributed by atoms with Gasteiger partial charge in [-0.15, -0.1) is 0 Å². The second-order valence-corrected chi connectivity index (χ2v) is 3.83. The van der Waals surface area contributed by atoms with Gasteiger partial charge in [0.05, 0.1) is 12.3 Å². The third kappa shape index (κ3) is 2.15. The van der Waals surface area contributed by atoms with Crippen molar-refractivity contribution in [2.75, 3.05) is 18.1 Å². The van der Waals surface area contributed by atoms with Crippen molar-refractivity contribution < 1.29 is 20.1 Å². The highest BCUT2D eigenvalue weighted by molar-refractivity contribution is 5.37. The normalized spacial score (nSPS) is 32.9. The number of hydrogen-bond donors (Lipinski definition) is 5. The minimum absolute atomic E-state index is 0.0438. The van der Waals surface area contributed by atoms with Crippen LogP contribution in [0.2, 0.25) is 0 Å². The monoisotopic (exact) mass is 242 g/mol. The van der Waals surface area contributed by atoms with Gasteiger partial charge in [0.1, 0.15) is 30.2 Å². The molecule has 0 aromatic carbocycles. The zero-order valence-corrected chi connectivity index (χ0v) is 8.89. The maximum atomic E-state index is 9.77. The Bertz CT molecular complexity index is 396. The fourth-order valence-electron chi connectivity index (χ4n) is 1.80. The summed E-state index contributed by atoms with van der Waals surface area (Å²) in [6.07, 6.45) is -4.11. The standard InChI is InChI=1S/C9H14N4O4/c10-5-1-3(12-9(11)13-5)8-7(16)6(15)4(2-14)17-8/h1,4,6-8,14-16H,2H2,(H4,10,11,12,13)/t4-,6+,7-,8?/m1/s1. The van der Waals surface area contributed by atoms with Crippen LogP contribution in [0.3, 0.4) is 0 Å². The summed E-state index contributed by atoms with van der Waals surface area (Å²) in [5, 5.41) is 28.3. The van der Waals surface area contributed by atoms with Crippen molar-refractivity contribution in [3.8, 4) is 0 Å². The van der Waals surface area contributed by atoms with Gasteiger partial charge >= 0.3 is 0 Å². The van der Waals surface area contributed by atoms with Gasteiger partial charge in [-0.1, -0.05) is 0 Å². The highest BCUT2D eigenvalue weighted by atomic mass is 16.6. The molecule has 7 N–H and O–H groups in total. The molecule has 8 nitrogen and oxygen atoms in total. The molecule has 0 spiro atoms. The average molecular weight is 242 g/mol. The topological polar surface area (TPSA) is 148 Å². The molecule has 4 atom stereocenters. The van der Waals surface area contributed by atoms with Crippen LogP contribution >= 0.6 is 0 Å². The number of nitrogens with zero attached hydrogens (tertiary/aromatic N) is 2. The number of aliphatic hydroxyl groups is 3. The Hall–Kier alpha value is -1.48. The predicted octanol–water partition coefficient (Wildman–Crippen LogP) is -2.20. The summed E-state index contributed by atoms with van der Waals surface area (Å²) in [6.45, 7) is -0.398. The lowest BCUT2D eigenvalue weighted by Crippen LogP contribution is -2.32. The number of hydrogen-bond acceptors (Lipinski definition) is 8. The van der Waals surface area contributed by atoms with Crippen molar-refractivity contribution in [3.63, 3.8) is 0 Å². The fourth-order valence-corrected chi connectivity index (χ4v) is 1.80. The number of anilines is 2. The van der Waals surface area contributed by atoms with Crippen molar-refractivity contribution in [1.29, 1.82) is 0 Å². The summed E-state index contributed by atoms with van der Waals surface area (Å²) in [5.74, 6) is 0.1000. The molecule has 2 heterocycles. The highest BCUT2D eigenvalue weighted by Crippen LogP contribution is 2.33. The van der Waals surface area contributed by atoms with Crippen LogP contribution < -0.4 is 11.5 Å². The predicted molar refractivity (Wildman–Crippen MR) is 57.6 cm³/mol. The van der Waals surface area contributed by atoms with Crippen molar-refractivity contribution >= 4 is 11.8 Å². The molecular weight excluding hydrogens is 228 g/mol. The molecule has 0 amide bonds. The van der Waals surface area contributed by atoms with Gasteiger partial charge in [-0.25, -0.2) is 4.98 Å². The van der Waals surface area contributed by atoms with E-state index in [0.717, 1.165) is 0 Å². The molecule has 0 aliphatic carbocycles. The van der Waals surface area contributed by atoms with E-state index in [2.05, 4.69) is 9.97 Å². The Morgan fingerprint density at radius 1 is 1.24 bits per heavy atom. The van der Waals surface area contributed by atoms with Gasteiger partial charge in [0, 0.05) is 6.07 Å². The van der Waals surface area contributed by atoms with E-state index >= 15 is 0 Å². The summed E-state index contributed by atoms with van der Waals surface area (Å²) in [4.78, 5) is 7.56. The Kier molecular flexibility index (Phi) is 3.11. The van der Waals surface area contributed by atoms with Crippen molar-refractivity contribution in [3.05, 3.63) is 11.8 Å². The summed E-state index contributed by atoms with van der Waals surface area (Å²) < 4.78 is 5.28. The molecule has 1 unspecified atom stereocenters. The number of rotatable bonds is 2. The average Bonchev–Trinajstić information content (AvgIpc) is 2.54. The molecule has 1 aliphatic rings. The van der Waals surface area contributed by atoms with E-state index in [1.54, 1.807) is 0 Å². The second kappa shape index (κ2) is 4.41. The molecule has 17 heavy (non-hydrogen) atoms. The maximum absolute atomic E-state index is 9.77. The minimum atomic E-state index is -1.19. The lowest BCUT2D eigenvalue weighted by atomic mass is 10.1. The first-order valence-electron chi connectivity index (χ1n) is 5.05. The SMILES string of the molecule is Nc1cc(C2O[C@H](CO)[C@H](O)[C@H]2O)nc(N)n1. The molecule has 1 aromatic rings. The van der Waals surface area contributed by atoms with Crippen LogP contribution in [-0.2, 0) is 4.74 Å². The first kappa shape index (κ1) is 12.0. The number of ether oxygens (including phenoxy) is 1.